The third-order valence-electron chi connectivity index (χ3n) is 4.04. The van der Waals surface area contributed by atoms with Crippen LogP contribution in [-0.4, -0.2) is 74.3 Å². The molecule has 1 saturated heterocycles. The maximum Gasteiger partial charge on any atom is 0.317 e. The number of piperazine rings is 1. The van der Waals surface area contributed by atoms with Crippen LogP contribution in [0.1, 0.15) is 11.6 Å². The third-order valence-corrected chi connectivity index (χ3v) is 4.04. The Bertz CT molecular complexity index is 489. The molecule has 0 saturated carbocycles. The van der Waals surface area contributed by atoms with Crippen LogP contribution in [0, 0.1) is 0 Å². The number of ether oxygens (including phenoxy) is 1. The second-order valence-corrected chi connectivity index (χ2v) is 5.65. The van der Waals surface area contributed by atoms with Gasteiger partial charge in [0.15, 0.2) is 0 Å². The van der Waals surface area contributed by atoms with Gasteiger partial charge in [-0.25, -0.2) is 0 Å². The van der Waals surface area contributed by atoms with Gasteiger partial charge < -0.3 is 15.2 Å². The number of hydrogen-bond acceptors (Lipinski definition) is 5. The van der Waals surface area contributed by atoms with E-state index in [4.69, 9.17) is 9.84 Å². The number of aliphatic carboxylic acids is 1. The molecule has 0 aromatic heterocycles. The number of carbonyl (C=O) groups is 1. The number of benzene rings is 1. The number of methoxy groups -OCH3 is 1. The fourth-order valence-electron chi connectivity index (χ4n) is 2.81. The average Bonchev–Trinajstić information content (AvgIpc) is 2.53. The summed E-state index contributed by atoms with van der Waals surface area (Å²) in [6.45, 7) is 4.77. The molecule has 1 aromatic carbocycles. The van der Waals surface area contributed by atoms with Gasteiger partial charge in [-0.05, 0) is 24.7 Å². The van der Waals surface area contributed by atoms with Crippen LogP contribution in [0.25, 0.3) is 0 Å². The molecule has 0 spiro atoms. The summed E-state index contributed by atoms with van der Waals surface area (Å²) < 4.78 is 5.30. The molecule has 0 amide bonds. The van der Waals surface area contributed by atoms with Crippen LogP contribution in [0.15, 0.2) is 24.3 Å². The minimum absolute atomic E-state index is 0.0218. The van der Waals surface area contributed by atoms with Crippen molar-refractivity contribution in [2.75, 3.05) is 53.4 Å². The highest BCUT2D eigenvalue weighted by molar-refractivity contribution is 5.69. The molecular formula is C16H25N3O3. The van der Waals surface area contributed by atoms with Crippen LogP contribution < -0.4 is 10.1 Å². The molecule has 1 fully saturated rings. The second kappa shape index (κ2) is 8.12. The predicted octanol–water partition coefficient (Wildman–Crippen LogP) is 0.658. The fourth-order valence-corrected chi connectivity index (χ4v) is 2.81. The molecule has 1 aromatic rings. The van der Waals surface area contributed by atoms with Gasteiger partial charge in [0.25, 0.3) is 0 Å². The lowest BCUT2D eigenvalue weighted by atomic mass is 10.0. The first-order valence-electron chi connectivity index (χ1n) is 7.59. The summed E-state index contributed by atoms with van der Waals surface area (Å²) in [7, 11) is 3.51. The Hall–Kier alpha value is -1.63. The lowest BCUT2D eigenvalue weighted by Crippen LogP contribution is -2.47. The van der Waals surface area contributed by atoms with E-state index < -0.39 is 5.97 Å². The van der Waals surface area contributed by atoms with Crippen molar-refractivity contribution in [3.8, 4) is 5.75 Å². The van der Waals surface area contributed by atoms with E-state index in [-0.39, 0.29) is 12.6 Å². The van der Waals surface area contributed by atoms with Crippen molar-refractivity contribution >= 4 is 5.97 Å². The minimum Gasteiger partial charge on any atom is -0.497 e. The minimum atomic E-state index is -0.810. The Morgan fingerprint density at radius 1 is 1.45 bits per heavy atom. The van der Waals surface area contributed by atoms with E-state index in [1.165, 1.54) is 0 Å². The van der Waals surface area contributed by atoms with E-state index in [0.29, 0.717) is 0 Å². The monoisotopic (exact) mass is 307 g/mol. The smallest absolute Gasteiger partial charge is 0.317 e. The summed E-state index contributed by atoms with van der Waals surface area (Å²) in [6, 6.07) is 7.92. The van der Waals surface area contributed by atoms with Crippen molar-refractivity contribution in [3.05, 3.63) is 29.8 Å². The van der Waals surface area contributed by atoms with Crippen molar-refractivity contribution in [3.63, 3.8) is 0 Å². The van der Waals surface area contributed by atoms with Gasteiger partial charge >= 0.3 is 5.97 Å². The van der Waals surface area contributed by atoms with E-state index in [9.17, 15) is 4.79 Å². The van der Waals surface area contributed by atoms with Gasteiger partial charge in [-0.3, -0.25) is 14.6 Å². The lowest BCUT2D eigenvalue weighted by molar-refractivity contribution is -0.138. The first-order valence-corrected chi connectivity index (χ1v) is 7.59. The molecule has 22 heavy (non-hydrogen) atoms. The molecule has 1 aliphatic heterocycles. The summed E-state index contributed by atoms with van der Waals surface area (Å²) in [4.78, 5) is 15.3. The topological polar surface area (TPSA) is 65.0 Å². The van der Waals surface area contributed by atoms with Crippen molar-refractivity contribution < 1.29 is 14.6 Å². The highest BCUT2D eigenvalue weighted by Gasteiger charge is 2.23. The Morgan fingerprint density at radius 2 is 2.18 bits per heavy atom. The van der Waals surface area contributed by atoms with Crippen molar-refractivity contribution in [2.45, 2.75) is 6.04 Å². The molecule has 0 aliphatic carbocycles. The maximum atomic E-state index is 11.1. The highest BCUT2D eigenvalue weighted by atomic mass is 16.5. The van der Waals surface area contributed by atoms with E-state index in [1.54, 1.807) is 7.11 Å². The number of nitrogens with one attached hydrogen (secondary N) is 1. The standard InChI is InChI=1S/C16H25N3O3/c1-18(12-16(20)21)15(11-19-8-6-17-7-9-19)13-4-3-5-14(10-13)22-2/h3-5,10,15,17H,6-9,11-12H2,1-2H3,(H,20,21). The van der Waals surface area contributed by atoms with Gasteiger partial charge in [-0.2, -0.15) is 0 Å². The quantitative estimate of drug-likeness (QED) is 0.771. The molecular weight excluding hydrogens is 282 g/mol. The van der Waals surface area contributed by atoms with Gasteiger partial charge in [0.1, 0.15) is 5.75 Å². The van der Waals surface area contributed by atoms with Crippen LogP contribution >= 0.6 is 0 Å². The summed E-state index contributed by atoms with van der Waals surface area (Å²) >= 11 is 0. The van der Waals surface area contributed by atoms with E-state index in [1.807, 2.05) is 36.2 Å². The molecule has 0 radical (unpaired) electrons. The van der Waals surface area contributed by atoms with Crippen molar-refractivity contribution in [2.24, 2.45) is 0 Å². The molecule has 2 N–H and O–H groups in total. The van der Waals surface area contributed by atoms with E-state index >= 15 is 0 Å². The summed E-state index contributed by atoms with van der Waals surface area (Å²) in [5.41, 5.74) is 1.08. The molecule has 0 bridgehead atoms. The molecule has 1 unspecified atom stereocenters. The molecule has 2 rings (SSSR count). The molecule has 122 valence electrons. The zero-order valence-electron chi connectivity index (χ0n) is 13.3. The SMILES string of the molecule is COc1cccc(C(CN2CCNCC2)N(C)CC(=O)O)c1. The largest absolute Gasteiger partial charge is 0.497 e. The Kier molecular flexibility index (Phi) is 6.18. The van der Waals surface area contributed by atoms with Crippen molar-refractivity contribution in [1.82, 2.24) is 15.1 Å². The molecule has 1 atom stereocenters. The first-order chi connectivity index (χ1) is 10.6. The van der Waals surface area contributed by atoms with E-state index in [0.717, 1.165) is 44.0 Å². The zero-order valence-corrected chi connectivity index (χ0v) is 13.3. The van der Waals surface area contributed by atoms with Gasteiger partial charge in [-0.1, -0.05) is 12.1 Å². The Balaban J connectivity index is 2.16. The van der Waals surface area contributed by atoms with Crippen LogP contribution in [0.3, 0.4) is 0 Å². The molecule has 1 heterocycles. The van der Waals surface area contributed by atoms with Gasteiger partial charge in [0.2, 0.25) is 0 Å². The van der Waals surface area contributed by atoms with Gasteiger partial charge in [0, 0.05) is 38.8 Å². The Morgan fingerprint density at radius 3 is 2.82 bits per heavy atom. The van der Waals surface area contributed by atoms with Crippen molar-refractivity contribution in [1.29, 1.82) is 0 Å². The van der Waals surface area contributed by atoms with E-state index in [2.05, 4.69) is 10.2 Å². The summed E-state index contributed by atoms with van der Waals surface area (Å²) in [6.07, 6.45) is 0. The van der Waals surface area contributed by atoms with Crippen LogP contribution in [-0.2, 0) is 4.79 Å². The average molecular weight is 307 g/mol. The predicted molar refractivity (Wildman–Crippen MR) is 85.3 cm³/mol. The van der Waals surface area contributed by atoms with Crippen LogP contribution in [0.5, 0.6) is 5.75 Å². The molecule has 6 heteroatoms. The third kappa shape index (κ3) is 4.69. The molecule has 1 aliphatic rings. The maximum absolute atomic E-state index is 11.1. The summed E-state index contributed by atoms with van der Waals surface area (Å²) in [5, 5.41) is 12.4. The number of rotatable bonds is 7. The summed E-state index contributed by atoms with van der Waals surface area (Å²) in [5.74, 6) is -0.0118. The lowest BCUT2D eigenvalue weighted by Gasteiger charge is -2.35. The fraction of sp³-hybridized carbons (Fsp3) is 0.562. The number of hydrogen-bond donors (Lipinski definition) is 2. The first kappa shape index (κ1) is 16.7. The zero-order chi connectivity index (χ0) is 15.9. The molecule has 6 nitrogen and oxygen atoms in total. The number of carboxylic acids is 1. The van der Waals surface area contributed by atoms with Crippen LogP contribution in [0.2, 0.25) is 0 Å². The van der Waals surface area contributed by atoms with Crippen LogP contribution in [0.4, 0.5) is 0 Å². The van der Waals surface area contributed by atoms with Gasteiger partial charge in [-0.15, -0.1) is 0 Å². The number of nitrogens with zero attached hydrogens (tertiary/aromatic N) is 2. The number of carboxylic acid groups (broad SMARTS) is 1. The highest BCUT2D eigenvalue weighted by Crippen LogP contribution is 2.24. The number of likely N-dealkylation sites (N-methyl/N-ethyl adjacent to an activating group) is 1. The normalized spacial score (nSPS) is 17.4. The van der Waals surface area contributed by atoms with Gasteiger partial charge in [0.05, 0.1) is 13.7 Å². The Labute approximate surface area is 131 Å². The second-order valence-electron chi connectivity index (χ2n) is 5.65.